The van der Waals surface area contributed by atoms with E-state index in [1.165, 1.54) is 37.5 Å². The van der Waals surface area contributed by atoms with E-state index in [9.17, 15) is 16.8 Å². The second kappa shape index (κ2) is 9.36. The number of anilines is 2. The van der Waals surface area contributed by atoms with Gasteiger partial charge in [0, 0.05) is 6.54 Å². The van der Waals surface area contributed by atoms with Crippen LogP contribution in [0.3, 0.4) is 0 Å². The highest BCUT2D eigenvalue weighted by Gasteiger charge is 2.20. The van der Waals surface area contributed by atoms with E-state index in [0.29, 0.717) is 18.2 Å². The fraction of sp³-hybridized carbons (Fsp3) is 0.429. The smallest absolute Gasteiger partial charge is 0.261 e. The molecule has 4 N–H and O–H groups in total. The van der Waals surface area contributed by atoms with E-state index >= 15 is 0 Å². The Kier molecular flexibility index (Phi) is 7.05. The lowest BCUT2D eigenvalue weighted by atomic mass is 9.84. The molecule has 9 heteroatoms. The Morgan fingerprint density at radius 3 is 2.13 bits per heavy atom. The molecule has 1 fully saturated rings. The van der Waals surface area contributed by atoms with E-state index in [1.54, 1.807) is 12.1 Å². The van der Waals surface area contributed by atoms with Gasteiger partial charge in [0.25, 0.3) is 10.0 Å². The molecular formula is C21H29N3O4S2. The van der Waals surface area contributed by atoms with Gasteiger partial charge in [-0.15, -0.1) is 0 Å². The maximum Gasteiger partial charge on any atom is 0.261 e. The van der Waals surface area contributed by atoms with Gasteiger partial charge in [-0.05, 0) is 61.1 Å². The molecule has 30 heavy (non-hydrogen) atoms. The number of primary sulfonamides is 1. The van der Waals surface area contributed by atoms with E-state index in [1.807, 2.05) is 19.1 Å². The van der Waals surface area contributed by atoms with Crippen molar-refractivity contribution in [2.75, 3.05) is 16.6 Å². The van der Waals surface area contributed by atoms with Crippen molar-refractivity contribution in [2.45, 2.75) is 61.2 Å². The van der Waals surface area contributed by atoms with Gasteiger partial charge in [0.15, 0.2) is 0 Å². The summed E-state index contributed by atoms with van der Waals surface area (Å²) in [6.45, 7) is 2.59. The van der Waals surface area contributed by atoms with Crippen LogP contribution in [0.2, 0.25) is 0 Å². The highest BCUT2D eigenvalue weighted by atomic mass is 32.2. The molecule has 2 aromatic rings. The summed E-state index contributed by atoms with van der Waals surface area (Å²) in [5, 5.41) is 8.32. The molecule has 0 aliphatic heterocycles. The average molecular weight is 452 g/mol. The Morgan fingerprint density at radius 2 is 1.53 bits per heavy atom. The SMILES string of the molecule is CCCNc1ccc(S(N)(=O)=O)cc1NS(=O)(=O)c1ccc(C2CCCCC2)cc1. The number of nitrogens with two attached hydrogens (primary N) is 1. The minimum Gasteiger partial charge on any atom is -0.383 e. The van der Waals surface area contributed by atoms with Gasteiger partial charge in [-0.1, -0.05) is 38.3 Å². The minimum atomic E-state index is -3.96. The summed E-state index contributed by atoms with van der Waals surface area (Å²) in [5.74, 6) is 0.486. The molecule has 0 unspecified atom stereocenters. The predicted molar refractivity (Wildman–Crippen MR) is 120 cm³/mol. The van der Waals surface area contributed by atoms with Gasteiger partial charge in [0.2, 0.25) is 10.0 Å². The number of sulfonamides is 2. The third-order valence-corrected chi connectivity index (χ3v) is 7.69. The number of nitrogens with one attached hydrogen (secondary N) is 2. The summed E-state index contributed by atoms with van der Waals surface area (Å²) in [5.41, 5.74) is 1.80. The van der Waals surface area contributed by atoms with Crippen LogP contribution in [0, 0.1) is 0 Å². The van der Waals surface area contributed by atoms with Crippen LogP contribution in [-0.2, 0) is 20.0 Å². The summed E-state index contributed by atoms with van der Waals surface area (Å²) in [4.78, 5) is -0.0283. The third-order valence-electron chi connectivity index (χ3n) is 5.40. The Bertz CT molecular complexity index is 1080. The van der Waals surface area contributed by atoms with Crippen molar-refractivity contribution in [3.05, 3.63) is 48.0 Å². The van der Waals surface area contributed by atoms with Gasteiger partial charge >= 0.3 is 0 Å². The van der Waals surface area contributed by atoms with Gasteiger partial charge in [0.1, 0.15) is 0 Å². The number of benzene rings is 2. The monoisotopic (exact) mass is 451 g/mol. The molecule has 0 amide bonds. The maximum absolute atomic E-state index is 13.0. The number of hydrogen-bond donors (Lipinski definition) is 3. The summed E-state index contributed by atoms with van der Waals surface area (Å²) in [7, 11) is -7.86. The van der Waals surface area contributed by atoms with Gasteiger partial charge in [-0.2, -0.15) is 0 Å². The van der Waals surface area contributed by atoms with Crippen LogP contribution in [0.5, 0.6) is 0 Å². The first-order valence-electron chi connectivity index (χ1n) is 10.2. The number of hydrogen-bond acceptors (Lipinski definition) is 5. The van der Waals surface area contributed by atoms with Crippen molar-refractivity contribution in [1.82, 2.24) is 0 Å². The fourth-order valence-corrected chi connectivity index (χ4v) is 5.37. The molecule has 0 atom stereocenters. The van der Waals surface area contributed by atoms with Gasteiger partial charge in [-0.3, -0.25) is 4.72 Å². The second-order valence-electron chi connectivity index (χ2n) is 7.69. The lowest BCUT2D eigenvalue weighted by Crippen LogP contribution is -2.17. The van der Waals surface area contributed by atoms with Crippen LogP contribution >= 0.6 is 0 Å². The number of rotatable bonds is 8. The van der Waals surface area contributed by atoms with E-state index in [-0.39, 0.29) is 15.5 Å². The molecule has 7 nitrogen and oxygen atoms in total. The van der Waals surface area contributed by atoms with Crippen LogP contribution in [0.25, 0.3) is 0 Å². The molecular weight excluding hydrogens is 422 g/mol. The van der Waals surface area contributed by atoms with Crippen molar-refractivity contribution < 1.29 is 16.8 Å². The Balaban J connectivity index is 1.87. The lowest BCUT2D eigenvalue weighted by molar-refractivity contribution is 0.443. The largest absolute Gasteiger partial charge is 0.383 e. The van der Waals surface area contributed by atoms with E-state index in [4.69, 9.17) is 5.14 Å². The molecule has 1 saturated carbocycles. The zero-order valence-electron chi connectivity index (χ0n) is 17.1. The predicted octanol–water partition coefficient (Wildman–Crippen LogP) is 4.00. The maximum atomic E-state index is 13.0. The first-order chi connectivity index (χ1) is 14.2. The third kappa shape index (κ3) is 5.53. The first-order valence-corrected chi connectivity index (χ1v) is 13.3. The highest BCUT2D eigenvalue weighted by Crippen LogP contribution is 2.33. The molecule has 3 rings (SSSR count). The standard InChI is InChI=1S/C21H29N3O4S2/c1-2-14-23-20-13-12-19(29(22,25)26)15-21(20)24-30(27,28)18-10-8-17(9-11-18)16-6-4-3-5-7-16/h8-13,15-16,23-24H,2-7,14H2,1H3,(H2,22,25,26). The van der Waals surface area contributed by atoms with Gasteiger partial charge in [0.05, 0.1) is 21.2 Å². The molecule has 2 aromatic carbocycles. The highest BCUT2D eigenvalue weighted by molar-refractivity contribution is 7.92. The zero-order valence-corrected chi connectivity index (χ0v) is 18.7. The second-order valence-corrected chi connectivity index (χ2v) is 10.9. The summed E-state index contributed by atoms with van der Waals surface area (Å²) >= 11 is 0. The molecule has 0 saturated heterocycles. The molecule has 1 aliphatic carbocycles. The van der Waals surface area contributed by atoms with Crippen LogP contribution in [-0.4, -0.2) is 23.4 Å². The van der Waals surface area contributed by atoms with Crippen LogP contribution < -0.4 is 15.2 Å². The summed E-state index contributed by atoms with van der Waals surface area (Å²) in [6.07, 6.45) is 6.78. The summed E-state index contributed by atoms with van der Waals surface area (Å²) < 4.78 is 51.9. The fourth-order valence-electron chi connectivity index (χ4n) is 3.76. The molecule has 0 heterocycles. The van der Waals surface area contributed by atoms with Crippen LogP contribution in [0.1, 0.15) is 56.9 Å². The molecule has 1 aliphatic rings. The Hall–Kier alpha value is -2.10. The Morgan fingerprint density at radius 1 is 0.900 bits per heavy atom. The lowest BCUT2D eigenvalue weighted by Gasteiger charge is -2.22. The molecule has 0 aromatic heterocycles. The van der Waals surface area contributed by atoms with Crippen molar-refractivity contribution in [1.29, 1.82) is 0 Å². The molecule has 164 valence electrons. The minimum absolute atomic E-state index is 0.129. The van der Waals surface area contributed by atoms with E-state index in [2.05, 4.69) is 10.0 Å². The normalized spacial score (nSPS) is 15.7. The first kappa shape index (κ1) is 22.6. The average Bonchev–Trinajstić information content (AvgIpc) is 2.72. The van der Waals surface area contributed by atoms with Crippen LogP contribution in [0.15, 0.2) is 52.3 Å². The zero-order chi connectivity index (χ0) is 21.8. The molecule has 0 bridgehead atoms. The topological polar surface area (TPSA) is 118 Å². The summed E-state index contributed by atoms with van der Waals surface area (Å²) in [6, 6.07) is 11.1. The van der Waals surface area contributed by atoms with Gasteiger partial charge in [-0.25, -0.2) is 22.0 Å². The van der Waals surface area contributed by atoms with Gasteiger partial charge < -0.3 is 5.32 Å². The van der Waals surface area contributed by atoms with Crippen molar-refractivity contribution in [3.63, 3.8) is 0 Å². The van der Waals surface area contributed by atoms with Crippen molar-refractivity contribution in [2.24, 2.45) is 5.14 Å². The molecule has 0 spiro atoms. The quantitative estimate of drug-likeness (QED) is 0.560. The van der Waals surface area contributed by atoms with Crippen molar-refractivity contribution in [3.8, 4) is 0 Å². The van der Waals surface area contributed by atoms with Crippen molar-refractivity contribution >= 4 is 31.4 Å². The molecule has 0 radical (unpaired) electrons. The van der Waals surface area contributed by atoms with Crippen LogP contribution in [0.4, 0.5) is 11.4 Å². The van der Waals surface area contributed by atoms with E-state index in [0.717, 1.165) is 24.8 Å². The van der Waals surface area contributed by atoms with E-state index < -0.39 is 20.0 Å². The Labute approximate surface area is 179 Å².